The van der Waals surface area contributed by atoms with Crippen LogP contribution >= 0.6 is 0 Å². The number of carboxylic acids is 1. The number of ether oxygens (including phenoxy) is 2. The Morgan fingerprint density at radius 3 is 2.27 bits per heavy atom. The maximum Gasteiger partial charge on any atom is 0.336 e. The number of hydrogen-bond acceptors (Lipinski definition) is 3. The second kappa shape index (κ2) is 6.80. The Balaban J connectivity index is 2.55. The summed E-state index contributed by atoms with van der Waals surface area (Å²) in [5.74, 6) is 0.237. The molecule has 0 spiro atoms. The molecule has 22 heavy (non-hydrogen) atoms. The third kappa shape index (κ3) is 3.47. The van der Waals surface area contributed by atoms with Crippen LogP contribution in [0, 0.1) is 6.92 Å². The van der Waals surface area contributed by atoms with Gasteiger partial charge in [0, 0.05) is 5.56 Å². The Kier molecular flexibility index (Phi) is 4.84. The van der Waals surface area contributed by atoms with Crippen LogP contribution in [0.2, 0.25) is 0 Å². The van der Waals surface area contributed by atoms with Crippen LogP contribution in [-0.4, -0.2) is 25.3 Å². The molecule has 2 aromatic carbocycles. The average molecular weight is 298 g/mol. The number of benzene rings is 2. The fourth-order valence-electron chi connectivity index (χ4n) is 2.11. The highest BCUT2D eigenvalue weighted by atomic mass is 16.5. The molecule has 0 saturated carbocycles. The quantitative estimate of drug-likeness (QED) is 0.676. The van der Waals surface area contributed by atoms with E-state index in [9.17, 15) is 9.90 Å². The van der Waals surface area contributed by atoms with Gasteiger partial charge in [-0.3, -0.25) is 0 Å². The van der Waals surface area contributed by atoms with Crippen molar-refractivity contribution in [3.63, 3.8) is 0 Å². The van der Waals surface area contributed by atoms with Crippen molar-refractivity contribution in [2.45, 2.75) is 6.92 Å². The summed E-state index contributed by atoms with van der Waals surface area (Å²) in [7, 11) is 3.11. The van der Waals surface area contributed by atoms with E-state index in [1.165, 1.54) is 0 Å². The van der Waals surface area contributed by atoms with Crippen molar-refractivity contribution < 1.29 is 19.4 Å². The van der Waals surface area contributed by atoms with Crippen molar-refractivity contribution in [2.24, 2.45) is 0 Å². The number of hydrogen-bond donors (Lipinski definition) is 1. The number of rotatable bonds is 5. The van der Waals surface area contributed by atoms with Gasteiger partial charge in [0.2, 0.25) is 0 Å². The Morgan fingerprint density at radius 2 is 1.73 bits per heavy atom. The third-order valence-corrected chi connectivity index (χ3v) is 3.33. The van der Waals surface area contributed by atoms with E-state index in [4.69, 9.17) is 9.47 Å². The van der Waals surface area contributed by atoms with Crippen molar-refractivity contribution in [2.75, 3.05) is 14.2 Å². The molecule has 0 heterocycles. The molecule has 0 fully saturated rings. The van der Waals surface area contributed by atoms with E-state index in [0.717, 1.165) is 5.56 Å². The van der Waals surface area contributed by atoms with E-state index in [-0.39, 0.29) is 5.57 Å². The number of methoxy groups -OCH3 is 2. The van der Waals surface area contributed by atoms with E-state index in [0.29, 0.717) is 22.6 Å². The minimum absolute atomic E-state index is 0.201. The highest BCUT2D eigenvalue weighted by Gasteiger charge is 2.12. The molecular formula is C18H18O4. The van der Waals surface area contributed by atoms with Gasteiger partial charge in [-0.1, -0.05) is 29.8 Å². The lowest BCUT2D eigenvalue weighted by atomic mass is 10.0. The SMILES string of the molecule is COc1ccc(OC)c(/C=C(\C(=O)O)c2ccc(C)cc2)c1. The van der Waals surface area contributed by atoms with E-state index >= 15 is 0 Å². The molecule has 0 aliphatic rings. The van der Waals surface area contributed by atoms with Crippen LogP contribution in [0.5, 0.6) is 11.5 Å². The average Bonchev–Trinajstić information content (AvgIpc) is 2.53. The minimum atomic E-state index is -0.992. The zero-order chi connectivity index (χ0) is 16.1. The largest absolute Gasteiger partial charge is 0.497 e. The van der Waals surface area contributed by atoms with Crippen LogP contribution in [-0.2, 0) is 4.79 Å². The number of carbonyl (C=O) groups is 1. The first-order valence-corrected chi connectivity index (χ1v) is 6.79. The molecule has 4 nitrogen and oxygen atoms in total. The molecule has 0 bridgehead atoms. The predicted molar refractivity (Wildman–Crippen MR) is 86.2 cm³/mol. The maximum absolute atomic E-state index is 11.6. The summed E-state index contributed by atoms with van der Waals surface area (Å²) in [6.07, 6.45) is 1.59. The van der Waals surface area contributed by atoms with Crippen LogP contribution in [0.15, 0.2) is 42.5 Å². The highest BCUT2D eigenvalue weighted by Crippen LogP contribution is 2.28. The van der Waals surface area contributed by atoms with Gasteiger partial charge in [-0.05, 0) is 36.8 Å². The van der Waals surface area contributed by atoms with Gasteiger partial charge >= 0.3 is 5.97 Å². The van der Waals surface area contributed by atoms with Gasteiger partial charge in [-0.25, -0.2) is 4.79 Å². The summed E-state index contributed by atoms with van der Waals surface area (Å²) in [6.45, 7) is 1.96. The van der Waals surface area contributed by atoms with Crippen molar-refractivity contribution in [3.05, 3.63) is 59.2 Å². The fraction of sp³-hybridized carbons (Fsp3) is 0.167. The number of carboxylic acid groups (broad SMARTS) is 1. The van der Waals surface area contributed by atoms with Crippen LogP contribution in [0.4, 0.5) is 0 Å². The van der Waals surface area contributed by atoms with Gasteiger partial charge in [-0.2, -0.15) is 0 Å². The van der Waals surface area contributed by atoms with E-state index < -0.39 is 5.97 Å². The van der Waals surface area contributed by atoms with Crippen molar-refractivity contribution in [1.29, 1.82) is 0 Å². The van der Waals surface area contributed by atoms with E-state index in [1.54, 1.807) is 50.6 Å². The first-order valence-electron chi connectivity index (χ1n) is 6.79. The van der Waals surface area contributed by atoms with E-state index in [2.05, 4.69) is 0 Å². The summed E-state index contributed by atoms with van der Waals surface area (Å²) < 4.78 is 10.5. The molecule has 2 aromatic rings. The van der Waals surface area contributed by atoms with Crippen molar-refractivity contribution in [1.82, 2.24) is 0 Å². The molecule has 4 heteroatoms. The molecule has 114 valence electrons. The lowest BCUT2D eigenvalue weighted by Crippen LogP contribution is -2.00. The Morgan fingerprint density at radius 1 is 1.05 bits per heavy atom. The summed E-state index contributed by atoms with van der Waals surface area (Å²) >= 11 is 0. The Bertz CT molecular complexity index is 700. The molecule has 1 N–H and O–H groups in total. The van der Waals surface area contributed by atoms with Gasteiger partial charge in [-0.15, -0.1) is 0 Å². The molecule has 0 aromatic heterocycles. The lowest BCUT2D eigenvalue weighted by Gasteiger charge is -2.09. The van der Waals surface area contributed by atoms with Crippen molar-refractivity contribution in [3.8, 4) is 11.5 Å². The smallest absolute Gasteiger partial charge is 0.336 e. The van der Waals surface area contributed by atoms with E-state index in [1.807, 2.05) is 19.1 Å². The van der Waals surface area contributed by atoms with Crippen LogP contribution in [0.1, 0.15) is 16.7 Å². The molecule has 0 unspecified atom stereocenters. The molecule has 0 radical (unpaired) electrons. The van der Waals surface area contributed by atoms with Crippen LogP contribution in [0.25, 0.3) is 11.6 Å². The molecule has 0 saturated heterocycles. The summed E-state index contributed by atoms with van der Waals surface area (Å²) in [6, 6.07) is 12.6. The van der Waals surface area contributed by atoms with Crippen molar-refractivity contribution >= 4 is 17.6 Å². The maximum atomic E-state index is 11.6. The minimum Gasteiger partial charge on any atom is -0.497 e. The molecular weight excluding hydrogens is 280 g/mol. The molecule has 0 amide bonds. The first kappa shape index (κ1) is 15.6. The molecule has 2 rings (SSSR count). The zero-order valence-electron chi connectivity index (χ0n) is 12.8. The monoisotopic (exact) mass is 298 g/mol. The highest BCUT2D eigenvalue weighted by molar-refractivity contribution is 6.20. The van der Waals surface area contributed by atoms with Gasteiger partial charge in [0.05, 0.1) is 19.8 Å². The summed E-state index contributed by atoms with van der Waals surface area (Å²) in [5, 5.41) is 9.51. The van der Waals surface area contributed by atoms with Crippen LogP contribution in [0.3, 0.4) is 0 Å². The second-order valence-corrected chi connectivity index (χ2v) is 4.84. The third-order valence-electron chi connectivity index (χ3n) is 3.33. The number of aliphatic carboxylic acids is 1. The van der Waals surface area contributed by atoms with Gasteiger partial charge < -0.3 is 14.6 Å². The van der Waals surface area contributed by atoms with Crippen LogP contribution < -0.4 is 9.47 Å². The zero-order valence-corrected chi connectivity index (χ0v) is 12.8. The summed E-state index contributed by atoms with van der Waals surface area (Å²) in [5.41, 5.74) is 2.57. The summed E-state index contributed by atoms with van der Waals surface area (Å²) in [4.78, 5) is 11.6. The number of aryl methyl sites for hydroxylation is 1. The first-order chi connectivity index (χ1) is 10.5. The topological polar surface area (TPSA) is 55.8 Å². The second-order valence-electron chi connectivity index (χ2n) is 4.84. The Labute approximate surface area is 129 Å². The van der Waals surface area contributed by atoms with Gasteiger partial charge in [0.15, 0.2) is 0 Å². The molecule has 0 aliphatic carbocycles. The molecule has 0 atom stereocenters. The Hall–Kier alpha value is -2.75. The van der Waals surface area contributed by atoms with Gasteiger partial charge in [0.1, 0.15) is 11.5 Å². The standard InChI is InChI=1S/C18H18O4/c1-12-4-6-13(7-5-12)16(18(19)20)11-14-10-15(21-2)8-9-17(14)22-3/h4-11H,1-3H3,(H,19,20)/b16-11-. The van der Waals surface area contributed by atoms with Gasteiger partial charge in [0.25, 0.3) is 0 Å². The molecule has 0 aliphatic heterocycles. The lowest BCUT2D eigenvalue weighted by molar-refractivity contribution is -0.130. The normalized spacial score (nSPS) is 11.1. The predicted octanol–water partition coefficient (Wildman–Crippen LogP) is 3.64. The fourth-order valence-corrected chi connectivity index (χ4v) is 2.11.